The number of nitrogen functional groups attached to an aromatic ring is 1. The fraction of sp³-hybridized carbons (Fsp3) is 0.120. The van der Waals surface area contributed by atoms with Crippen molar-refractivity contribution in [2.24, 2.45) is 0 Å². The molecular formula is C25H21ClN8O2. The lowest BCUT2D eigenvalue weighted by Gasteiger charge is -2.14. The molecule has 5 aromatic rings. The summed E-state index contributed by atoms with van der Waals surface area (Å²) < 4.78 is 6.59. The van der Waals surface area contributed by atoms with E-state index in [0.29, 0.717) is 28.5 Å². The summed E-state index contributed by atoms with van der Waals surface area (Å²) in [6.07, 6.45) is 3.37. The van der Waals surface area contributed by atoms with Crippen LogP contribution in [0, 0.1) is 0 Å². The summed E-state index contributed by atoms with van der Waals surface area (Å²) in [7, 11) is 1.24. The molecule has 10 nitrogen and oxygen atoms in total. The highest BCUT2D eigenvalue weighted by Crippen LogP contribution is 2.30. The van der Waals surface area contributed by atoms with Crippen LogP contribution in [0.4, 0.5) is 11.8 Å². The molecule has 36 heavy (non-hydrogen) atoms. The van der Waals surface area contributed by atoms with Crippen LogP contribution in [-0.2, 0) is 4.74 Å². The smallest absolute Gasteiger partial charge is 0.360 e. The third-order valence-corrected chi connectivity index (χ3v) is 5.88. The third-order valence-electron chi connectivity index (χ3n) is 5.61. The van der Waals surface area contributed by atoms with E-state index in [2.05, 4.69) is 37.2 Å². The number of carbonyl (C=O) groups excluding carboxylic acids is 1. The van der Waals surface area contributed by atoms with E-state index in [4.69, 9.17) is 22.1 Å². The van der Waals surface area contributed by atoms with Crippen molar-refractivity contribution in [2.45, 2.75) is 13.0 Å². The number of nitrogens with zero attached hydrogens (tertiary/aromatic N) is 6. The zero-order valence-electron chi connectivity index (χ0n) is 19.4. The number of ether oxygens (including phenoxy) is 1. The Balaban J connectivity index is 1.47. The molecule has 0 saturated carbocycles. The van der Waals surface area contributed by atoms with E-state index in [9.17, 15) is 4.79 Å². The first-order valence-electron chi connectivity index (χ1n) is 11.0. The summed E-state index contributed by atoms with van der Waals surface area (Å²) in [5.74, 6) is 0.358. The van der Waals surface area contributed by atoms with Gasteiger partial charge in [0.15, 0.2) is 16.7 Å². The molecule has 0 aliphatic rings. The van der Waals surface area contributed by atoms with Gasteiger partial charge < -0.3 is 15.8 Å². The summed E-state index contributed by atoms with van der Waals surface area (Å²) in [4.78, 5) is 33.9. The molecular weight excluding hydrogens is 480 g/mol. The predicted octanol–water partition coefficient (Wildman–Crippen LogP) is 4.47. The van der Waals surface area contributed by atoms with Gasteiger partial charge in [0.25, 0.3) is 0 Å². The van der Waals surface area contributed by atoms with Crippen LogP contribution in [0.5, 0.6) is 0 Å². The number of hydrogen-bond donors (Lipinski definition) is 2. The average Bonchev–Trinajstić information content (AvgIpc) is 3.32. The van der Waals surface area contributed by atoms with Crippen molar-refractivity contribution < 1.29 is 9.53 Å². The molecule has 3 aromatic heterocycles. The number of benzene rings is 2. The molecule has 180 valence electrons. The number of rotatable bonds is 6. The zero-order valence-corrected chi connectivity index (χ0v) is 20.1. The summed E-state index contributed by atoms with van der Waals surface area (Å²) >= 11 is 6.28. The maximum Gasteiger partial charge on any atom is 0.360 e. The van der Waals surface area contributed by atoms with Crippen molar-refractivity contribution in [3.05, 3.63) is 83.5 Å². The van der Waals surface area contributed by atoms with Crippen molar-refractivity contribution in [3.8, 4) is 17.1 Å². The van der Waals surface area contributed by atoms with E-state index in [1.807, 2.05) is 47.0 Å². The lowest BCUT2D eigenvalue weighted by molar-refractivity contribution is 0.0595. The first-order chi connectivity index (χ1) is 17.4. The van der Waals surface area contributed by atoms with Crippen LogP contribution in [-0.4, -0.2) is 42.6 Å². The molecule has 2 aromatic carbocycles. The first kappa shape index (κ1) is 23.2. The Kier molecular flexibility index (Phi) is 6.17. The van der Waals surface area contributed by atoms with Gasteiger partial charge in [-0.05, 0) is 30.7 Å². The molecule has 0 aliphatic carbocycles. The second-order valence-corrected chi connectivity index (χ2v) is 8.28. The van der Waals surface area contributed by atoms with Crippen LogP contribution in [0.2, 0.25) is 5.15 Å². The van der Waals surface area contributed by atoms with Gasteiger partial charge in [0.05, 0.1) is 24.2 Å². The minimum Gasteiger partial charge on any atom is -0.464 e. The fourth-order valence-electron chi connectivity index (χ4n) is 3.77. The maximum atomic E-state index is 12.0. The molecule has 3 heterocycles. The van der Waals surface area contributed by atoms with Crippen LogP contribution < -0.4 is 11.1 Å². The number of fused-ring (bicyclic) bond motifs is 1. The highest BCUT2D eigenvalue weighted by molar-refractivity contribution is 6.32. The molecule has 0 bridgehead atoms. The number of halogens is 1. The summed E-state index contributed by atoms with van der Waals surface area (Å²) in [5, 5.41) is 3.40. The largest absolute Gasteiger partial charge is 0.464 e. The highest BCUT2D eigenvalue weighted by atomic mass is 35.5. The van der Waals surface area contributed by atoms with E-state index in [1.165, 1.54) is 7.11 Å². The average molecular weight is 501 g/mol. The Hall–Kier alpha value is -4.57. The van der Waals surface area contributed by atoms with Gasteiger partial charge in [0.2, 0.25) is 5.95 Å². The van der Waals surface area contributed by atoms with Crippen LogP contribution in [0.3, 0.4) is 0 Å². The van der Waals surface area contributed by atoms with Crippen molar-refractivity contribution in [2.75, 3.05) is 18.2 Å². The van der Waals surface area contributed by atoms with E-state index < -0.39 is 5.97 Å². The molecule has 0 fully saturated rings. The standard InChI is InChI=1S/C25H21ClN8O2/c1-14(15-6-4-3-5-7-15)30-25-28-11-10-19(31-25)34-13-29-17-12-16(8-9-18(17)34)20-22(26)33-23(27)21(32-20)24(35)36-2/h3-14H,1-2H3,(H2,27,33)(H,28,30,31)/t14-/m0/s1. The number of esters is 1. The number of nitrogens with one attached hydrogen (secondary N) is 1. The van der Waals surface area contributed by atoms with Gasteiger partial charge in [0, 0.05) is 11.8 Å². The van der Waals surface area contributed by atoms with E-state index in [1.54, 1.807) is 24.7 Å². The first-order valence-corrected chi connectivity index (χ1v) is 11.4. The Bertz CT molecular complexity index is 1570. The number of methoxy groups -OCH3 is 1. The molecule has 0 unspecified atom stereocenters. The second kappa shape index (κ2) is 9.59. The number of carbonyl (C=O) groups is 1. The minimum atomic E-state index is -0.696. The fourth-order valence-corrected chi connectivity index (χ4v) is 4.01. The van der Waals surface area contributed by atoms with E-state index in [0.717, 1.165) is 11.1 Å². The maximum absolute atomic E-state index is 12.0. The minimum absolute atomic E-state index is 0.0317. The molecule has 0 aliphatic heterocycles. The van der Waals surface area contributed by atoms with Gasteiger partial charge in [0.1, 0.15) is 17.8 Å². The monoisotopic (exact) mass is 500 g/mol. The Morgan fingerprint density at radius 2 is 1.89 bits per heavy atom. The number of imidazole rings is 1. The molecule has 0 spiro atoms. The highest BCUT2D eigenvalue weighted by Gasteiger charge is 2.19. The summed E-state index contributed by atoms with van der Waals surface area (Å²) in [6, 6.07) is 17.4. The van der Waals surface area contributed by atoms with Crippen molar-refractivity contribution in [1.82, 2.24) is 29.5 Å². The SMILES string of the molecule is COC(=O)c1nc(-c2ccc3c(c2)ncn3-c2ccnc(N[C@@H](C)c3ccccc3)n2)c(Cl)nc1N. The predicted molar refractivity (Wildman–Crippen MR) is 137 cm³/mol. The molecule has 3 N–H and O–H groups in total. The van der Waals surface area contributed by atoms with E-state index in [-0.39, 0.29) is 22.7 Å². The van der Waals surface area contributed by atoms with Gasteiger partial charge in [-0.3, -0.25) is 4.57 Å². The van der Waals surface area contributed by atoms with Crippen LogP contribution in [0.15, 0.2) is 67.1 Å². The molecule has 5 rings (SSSR count). The topological polar surface area (TPSA) is 134 Å². The third kappa shape index (κ3) is 4.41. The summed E-state index contributed by atoms with van der Waals surface area (Å²) in [6.45, 7) is 2.05. The number of anilines is 2. The lowest BCUT2D eigenvalue weighted by Crippen LogP contribution is -2.11. The zero-order chi connectivity index (χ0) is 25.2. The quantitative estimate of drug-likeness (QED) is 0.324. The van der Waals surface area contributed by atoms with Crippen molar-refractivity contribution in [1.29, 1.82) is 0 Å². The van der Waals surface area contributed by atoms with Gasteiger partial charge in [-0.2, -0.15) is 4.98 Å². The normalized spacial score (nSPS) is 11.9. The molecule has 0 saturated heterocycles. The summed E-state index contributed by atoms with van der Waals surface area (Å²) in [5.41, 5.74) is 9.22. The number of nitrogens with two attached hydrogens (primary N) is 1. The molecule has 1 atom stereocenters. The van der Waals surface area contributed by atoms with Crippen LogP contribution in [0.25, 0.3) is 28.1 Å². The van der Waals surface area contributed by atoms with Gasteiger partial charge in [-0.15, -0.1) is 0 Å². The van der Waals surface area contributed by atoms with Crippen molar-refractivity contribution >= 4 is 40.4 Å². The van der Waals surface area contributed by atoms with Crippen molar-refractivity contribution in [3.63, 3.8) is 0 Å². The van der Waals surface area contributed by atoms with Gasteiger partial charge >= 0.3 is 5.97 Å². The molecule has 11 heteroatoms. The Morgan fingerprint density at radius 3 is 2.67 bits per heavy atom. The molecule has 0 radical (unpaired) electrons. The van der Waals surface area contributed by atoms with Gasteiger partial charge in [-0.25, -0.2) is 24.7 Å². The second-order valence-electron chi connectivity index (χ2n) is 7.92. The van der Waals surface area contributed by atoms with Crippen LogP contribution >= 0.6 is 11.6 Å². The molecule has 0 amide bonds. The number of hydrogen-bond acceptors (Lipinski definition) is 9. The number of aromatic nitrogens is 6. The van der Waals surface area contributed by atoms with Gasteiger partial charge in [-0.1, -0.05) is 48.0 Å². The Labute approximate surface area is 211 Å². The lowest BCUT2D eigenvalue weighted by atomic mass is 10.1. The Morgan fingerprint density at radius 1 is 1.08 bits per heavy atom. The van der Waals surface area contributed by atoms with E-state index >= 15 is 0 Å². The van der Waals surface area contributed by atoms with Crippen LogP contribution in [0.1, 0.15) is 29.0 Å².